The molecule has 2 N–H and O–H groups in total. The zero-order chi connectivity index (χ0) is 16.4. The lowest BCUT2D eigenvalue weighted by atomic mass is 9.57. The van der Waals surface area contributed by atoms with Gasteiger partial charge in [-0.2, -0.15) is 15.8 Å². The topological polar surface area (TPSA) is 110 Å². The number of hydrogen-bond donors (Lipinski definition) is 1. The van der Waals surface area contributed by atoms with Crippen LogP contribution >= 0.6 is 0 Å². The highest BCUT2D eigenvalue weighted by Gasteiger charge is 2.53. The van der Waals surface area contributed by atoms with Gasteiger partial charge in [0.1, 0.15) is 6.07 Å². The third-order valence-corrected chi connectivity index (χ3v) is 4.84. The van der Waals surface area contributed by atoms with E-state index in [9.17, 15) is 15.8 Å². The summed E-state index contributed by atoms with van der Waals surface area (Å²) < 4.78 is 0. The number of nitrogens with two attached hydrogens (primary N) is 1. The minimum atomic E-state index is -1.53. The number of fused-ring (bicyclic) bond motifs is 1. The van der Waals surface area contributed by atoms with Crippen LogP contribution in [0.4, 0.5) is 0 Å². The molecule has 0 saturated heterocycles. The van der Waals surface area contributed by atoms with Crippen LogP contribution in [0.2, 0.25) is 0 Å². The number of allylic oxidation sites excluding steroid dienone is 4. The Balaban J connectivity index is 2.33. The summed E-state index contributed by atoms with van der Waals surface area (Å²) in [6.07, 6.45) is 8.05. The predicted octanol–water partition coefficient (Wildman–Crippen LogP) is 2.68. The quantitative estimate of drug-likeness (QED) is 0.857. The molecule has 2 atom stereocenters. The van der Waals surface area contributed by atoms with Gasteiger partial charge in [0.15, 0.2) is 5.41 Å². The van der Waals surface area contributed by atoms with E-state index in [0.717, 1.165) is 30.4 Å². The van der Waals surface area contributed by atoms with Crippen LogP contribution in [0.15, 0.2) is 47.4 Å². The van der Waals surface area contributed by atoms with Crippen LogP contribution < -0.4 is 5.73 Å². The van der Waals surface area contributed by atoms with E-state index in [-0.39, 0.29) is 11.6 Å². The number of hydrogen-bond acceptors (Lipinski definition) is 5. The second-order valence-corrected chi connectivity index (χ2v) is 5.89. The second-order valence-electron chi connectivity index (χ2n) is 5.89. The Morgan fingerprint density at radius 3 is 2.65 bits per heavy atom. The molecule has 112 valence electrons. The molecule has 3 rings (SSSR count). The zero-order valence-electron chi connectivity index (χ0n) is 12.5. The normalized spacial score (nSPS) is 25.3. The van der Waals surface area contributed by atoms with E-state index in [1.165, 1.54) is 0 Å². The van der Waals surface area contributed by atoms with Crippen molar-refractivity contribution in [3.63, 3.8) is 0 Å². The molecule has 2 aliphatic rings. The molecule has 1 aromatic heterocycles. The van der Waals surface area contributed by atoms with E-state index in [1.54, 1.807) is 18.5 Å². The minimum Gasteiger partial charge on any atom is -0.399 e. The number of aromatic nitrogens is 1. The van der Waals surface area contributed by atoms with E-state index in [4.69, 9.17) is 5.73 Å². The van der Waals surface area contributed by atoms with Crippen LogP contribution in [-0.2, 0) is 0 Å². The molecule has 1 aromatic rings. The fraction of sp³-hybridized carbons (Fsp3) is 0.333. The number of nitrogens with zero attached hydrogens (tertiary/aromatic N) is 4. The van der Waals surface area contributed by atoms with Crippen LogP contribution in [0.1, 0.15) is 30.7 Å². The summed E-state index contributed by atoms with van der Waals surface area (Å²) in [5, 5.41) is 29.1. The third kappa shape index (κ3) is 2.00. The maximum absolute atomic E-state index is 9.81. The monoisotopic (exact) mass is 301 g/mol. The summed E-state index contributed by atoms with van der Waals surface area (Å²) >= 11 is 0. The number of nitriles is 3. The van der Waals surface area contributed by atoms with Crippen LogP contribution in [0.3, 0.4) is 0 Å². The molecule has 0 unspecified atom stereocenters. The average molecular weight is 301 g/mol. The van der Waals surface area contributed by atoms with Gasteiger partial charge in [0.25, 0.3) is 0 Å². The van der Waals surface area contributed by atoms with Crippen molar-refractivity contribution in [1.29, 1.82) is 15.8 Å². The molecule has 0 radical (unpaired) electrons. The fourth-order valence-electron chi connectivity index (χ4n) is 3.81. The molecule has 1 heterocycles. The Kier molecular flexibility index (Phi) is 3.61. The predicted molar refractivity (Wildman–Crippen MR) is 82.9 cm³/mol. The summed E-state index contributed by atoms with van der Waals surface area (Å²) in [5.41, 5.74) is 6.71. The first-order valence-corrected chi connectivity index (χ1v) is 7.52. The summed E-state index contributed by atoms with van der Waals surface area (Å²) in [6.45, 7) is 0. The van der Waals surface area contributed by atoms with Gasteiger partial charge in [0.2, 0.25) is 0 Å². The van der Waals surface area contributed by atoms with Crippen LogP contribution in [-0.4, -0.2) is 4.98 Å². The molecule has 0 spiro atoms. The molecule has 0 aliphatic heterocycles. The van der Waals surface area contributed by atoms with Gasteiger partial charge in [-0.15, -0.1) is 0 Å². The Morgan fingerprint density at radius 2 is 2.04 bits per heavy atom. The standard InChI is InChI=1S/C18H15N5/c19-8-15-13-5-1-2-6-14(13)16(12-4-3-7-23-9-12)18(10-20,11-21)17(15)22/h3-5,7,9,14,16H,1-2,6,22H2/t14-,16+/m0/s1. The van der Waals surface area contributed by atoms with Crippen molar-refractivity contribution in [2.75, 3.05) is 0 Å². The molecule has 5 heteroatoms. The lowest BCUT2D eigenvalue weighted by Crippen LogP contribution is -2.42. The summed E-state index contributed by atoms with van der Waals surface area (Å²) in [6, 6.07) is 10.0. The smallest absolute Gasteiger partial charge is 0.191 e. The maximum Gasteiger partial charge on any atom is 0.191 e. The van der Waals surface area contributed by atoms with Crippen molar-refractivity contribution < 1.29 is 0 Å². The van der Waals surface area contributed by atoms with Gasteiger partial charge >= 0.3 is 0 Å². The molecule has 0 fully saturated rings. The van der Waals surface area contributed by atoms with Crippen molar-refractivity contribution >= 4 is 0 Å². The van der Waals surface area contributed by atoms with Gasteiger partial charge in [0, 0.05) is 18.3 Å². The van der Waals surface area contributed by atoms with Gasteiger partial charge in [0.05, 0.1) is 23.4 Å². The summed E-state index contributed by atoms with van der Waals surface area (Å²) in [7, 11) is 0. The van der Waals surface area contributed by atoms with Crippen molar-refractivity contribution in [3.05, 3.63) is 53.0 Å². The molecule has 0 saturated carbocycles. The third-order valence-electron chi connectivity index (χ3n) is 4.84. The molecule has 0 amide bonds. The van der Waals surface area contributed by atoms with Crippen LogP contribution in [0, 0.1) is 45.3 Å². The van der Waals surface area contributed by atoms with E-state index >= 15 is 0 Å². The van der Waals surface area contributed by atoms with Gasteiger partial charge in [-0.3, -0.25) is 4.98 Å². The van der Waals surface area contributed by atoms with Crippen LogP contribution in [0.25, 0.3) is 0 Å². The highest BCUT2D eigenvalue weighted by Crippen LogP contribution is 2.55. The molecule has 5 nitrogen and oxygen atoms in total. The Labute approximate surface area is 135 Å². The largest absolute Gasteiger partial charge is 0.399 e. The van der Waals surface area contributed by atoms with Gasteiger partial charge in [-0.05, 0) is 42.4 Å². The van der Waals surface area contributed by atoms with Crippen LogP contribution in [0.5, 0.6) is 0 Å². The summed E-state index contributed by atoms with van der Waals surface area (Å²) in [4.78, 5) is 4.14. The van der Waals surface area contributed by atoms with Crippen molar-refractivity contribution in [1.82, 2.24) is 4.98 Å². The Morgan fingerprint density at radius 1 is 1.26 bits per heavy atom. The molecule has 2 aliphatic carbocycles. The van der Waals surface area contributed by atoms with Gasteiger partial charge in [-0.25, -0.2) is 0 Å². The Bertz CT molecular complexity index is 800. The molecule has 0 bridgehead atoms. The zero-order valence-corrected chi connectivity index (χ0v) is 12.5. The minimum absolute atomic E-state index is 0.0609. The highest BCUT2D eigenvalue weighted by molar-refractivity contribution is 5.58. The van der Waals surface area contributed by atoms with Gasteiger partial charge < -0.3 is 5.73 Å². The van der Waals surface area contributed by atoms with Crippen molar-refractivity contribution in [3.8, 4) is 18.2 Å². The maximum atomic E-state index is 9.81. The first-order chi connectivity index (χ1) is 11.2. The second kappa shape index (κ2) is 5.59. The van der Waals surface area contributed by atoms with Gasteiger partial charge in [-0.1, -0.05) is 12.1 Å². The average Bonchev–Trinajstić information content (AvgIpc) is 2.61. The van der Waals surface area contributed by atoms with E-state index in [0.29, 0.717) is 5.57 Å². The first kappa shape index (κ1) is 14.8. The lowest BCUT2D eigenvalue weighted by molar-refractivity contribution is 0.317. The van der Waals surface area contributed by atoms with E-state index in [1.807, 2.05) is 12.1 Å². The summed E-state index contributed by atoms with van der Waals surface area (Å²) in [5.74, 6) is -0.468. The molecule has 23 heavy (non-hydrogen) atoms. The molecular formula is C18H15N5. The number of rotatable bonds is 1. The first-order valence-electron chi connectivity index (χ1n) is 7.52. The Hall–Kier alpha value is -3.10. The highest BCUT2D eigenvalue weighted by atomic mass is 14.7. The molecular weight excluding hydrogens is 286 g/mol. The molecule has 0 aromatic carbocycles. The number of pyridine rings is 1. The van der Waals surface area contributed by atoms with Crippen molar-refractivity contribution in [2.24, 2.45) is 17.1 Å². The SMILES string of the molecule is N#CC1=C(N)C(C#N)(C#N)[C@H](c2cccnc2)[C@H]2CCCC=C12. The van der Waals surface area contributed by atoms with E-state index < -0.39 is 11.3 Å². The fourth-order valence-corrected chi connectivity index (χ4v) is 3.81. The van der Waals surface area contributed by atoms with E-state index in [2.05, 4.69) is 23.2 Å². The lowest BCUT2D eigenvalue weighted by Gasteiger charge is -2.43. The van der Waals surface area contributed by atoms with Crippen molar-refractivity contribution in [2.45, 2.75) is 25.2 Å².